The van der Waals surface area contributed by atoms with E-state index in [1.165, 1.54) is 12.5 Å². The van der Waals surface area contributed by atoms with Crippen LogP contribution in [0.25, 0.3) is 0 Å². The highest BCUT2D eigenvalue weighted by molar-refractivity contribution is 7.80. The third kappa shape index (κ3) is 2.51. The molecule has 1 aromatic rings. The van der Waals surface area contributed by atoms with E-state index in [0.29, 0.717) is 17.8 Å². The number of benzene rings is 1. The number of nitrogens with two attached hydrogens (primary N) is 1. The maximum Gasteiger partial charge on any atom is 0.182 e. The molecule has 0 radical (unpaired) electrons. The average molecular weight is 311 g/mol. The Morgan fingerprint density at radius 1 is 1.19 bits per heavy atom. The van der Waals surface area contributed by atoms with Crippen LogP contribution in [0.15, 0.2) is 12.1 Å². The highest BCUT2D eigenvalue weighted by Gasteiger charge is 2.35. The zero-order valence-corrected chi connectivity index (χ0v) is 12.8. The second-order valence-electron chi connectivity index (χ2n) is 5.91. The monoisotopic (exact) mass is 311 g/mol. The van der Waals surface area contributed by atoms with Gasteiger partial charge in [-0.2, -0.15) is 0 Å². The van der Waals surface area contributed by atoms with E-state index in [2.05, 4.69) is 11.9 Å². The van der Waals surface area contributed by atoms with Gasteiger partial charge in [-0.25, -0.2) is 8.78 Å². The molecule has 0 aliphatic carbocycles. The van der Waals surface area contributed by atoms with Gasteiger partial charge in [-0.1, -0.05) is 12.2 Å². The lowest BCUT2D eigenvalue weighted by molar-refractivity contribution is 0.254. The van der Waals surface area contributed by atoms with Gasteiger partial charge in [-0.05, 0) is 38.4 Å². The summed E-state index contributed by atoms with van der Waals surface area (Å²) in [5.74, 6) is -1.79. The Morgan fingerprint density at radius 3 is 2.62 bits per heavy atom. The van der Waals surface area contributed by atoms with Crippen LogP contribution in [0.2, 0.25) is 0 Å². The van der Waals surface area contributed by atoms with E-state index < -0.39 is 11.6 Å². The number of hydrogen-bond acceptors (Lipinski definition) is 3. The lowest BCUT2D eigenvalue weighted by Gasteiger charge is -2.28. The van der Waals surface area contributed by atoms with Gasteiger partial charge in [0.15, 0.2) is 11.6 Å². The van der Waals surface area contributed by atoms with Crippen molar-refractivity contribution in [2.45, 2.75) is 31.3 Å². The third-order valence-corrected chi connectivity index (χ3v) is 5.04. The van der Waals surface area contributed by atoms with E-state index >= 15 is 0 Å². The van der Waals surface area contributed by atoms with Crippen LogP contribution < -0.4 is 10.6 Å². The van der Waals surface area contributed by atoms with Crippen molar-refractivity contribution in [2.24, 2.45) is 5.73 Å². The number of thiocarbonyl (C=S) groups is 1. The summed E-state index contributed by atoms with van der Waals surface area (Å²) in [6.45, 7) is 1.48. The van der Waals surface area contributed by atoms with Crippen molar-refractivity contribution < 1.29 is 8.78 Å². The van der Waals surface area contributed by atoms with Gasteiger partial charge in [0.2, 0.25) is 0 Å². The standard InChI is InChI=1S/C15H19F2N3S/c1-19-9-2-3-10(19)8-20(7-6-9)12-5-4-11(15(18)21)13(16)14(12)17/h4-5,9-10H,2-3,6-8H2,1H3,(H2,18,21). The molecule has 2 aliphatic heterocycles. The molecule has 0 aromatic heterocycles. The van der Waals surface area contributed by atoms with Crippen molar-refractivity contribution in [1.82, 2.24) is 4.90 Å². The van der Waals surface area contributed by atoms with Crippen molar-refractivity contribution in [3.05, 3.63) is 29.3 Å². The predicted octanol–water partition coefficient (Wildman–Crippen LogP) is 2.27. The molecule has 2 aliphatic rings. The normalized spacial score (nSPS) is 26.0. The number of anilines is 1. The molecule has 0 amide bonds. The van der Waals surface area contributed by atoms with Gasteiger partial charge in [-0.3, -0.25) is 4.90 Å². The van der Waals surface area contributed by atoms with Crippen LogP contribution in [-0.4, -0.2) is 42.1 Å². The first kappa shape index (κ1) is 14.7. The maximum absolute atomic E-state index is 14.3. The van der Waals surface area contributed by atoms with Gasteiger partial charge >= 0.3 is 0 Å². The van der Waals surface area contributed by atoms with Gasteiger partial charge in [0.1, 0.15) is 4.99 Å². The molecule has 21 heavy (non-hydrogen) atoms. The Hall–Kier alpha value is -1.27. The average Bonchev–Trinajstić information content (AvgIpc) is 2.67. The Morgan fingerprint density at radius 2 is 1.90 bits per heavy atom. The van der Waals surface area contributed by atoms with E-state index in [9.17, 15) is 8.78 Å². The summed E-state index contributed by atoms with van der Waals surface area (Å²) in [5.41, 5.74) is 5.69. The van der Waals surface area contributed by atoms with Crippen molar-refractivity contribution >= 4 is 22.9 Å². The number of halogens is 2. The van der Waals surface area contributed by atoms with E-state index in [1.807, 2.05) is 4.90 Å². The summed E-state index contributed by atoms with van der Waals surface area (Å²) >= 11 is 4.74. The molecule has 0 spiro atoms. The molecule has 2 fully saturated rings. The summed E-state index contributed by atoms with van der Waals surface area (Å²) < 4.78 is 28.4. The Kier molecular flexibility index (Phi) is 3.84. The molecule has 2 N–H and O–H groups in total. The summed E-state index contributed by atoms with van der Waals surface area (Å²) in [7, 11) is 2.12. The topological polar surface area (TPSA) is 32.5 Å². The molecule has 2 atom stereocenters. The number of rotatable bonds is 2. The molecule has 3 nitrogen and oxygen atoms in total. The highest BCUT2D eigenvalue weighted by Crippen LogP contribution is 2.32. The molecule has 0 saturated carbocycles. The number of fused-ring (bicyclic) bond motifs is 2. The van der Waals surface area contributed by atoms with Crippen molar-refractivity contribution in [3.63, 3.8) is 0 Å². The van der Waals surface area contributed by atoms with Crippen LogP contribution in [-0.2, 0) is 0 Å². The maximum atomic E-state index is 14.3. The minimum absolute atomic E-state index is 0.0280. The highest BCUT2D eigenvalue weighted by atomic mass is 32.1. The van der Waals surface area contributed by atoms with Gasteiger partial charge in [0, 0.05) is 30.7 Å². The summed E-state index contributed by atoms with van der Waals surface area (Å²) in [6.07, 6.45) is 3.30. The molecule has 2 bridgehead atoms. The molecule has 114 valence electrons. The van der Waals surface area contributed by atoms with Crippen LogP contribution >= 0.6 is 12.2 Å². The van der Waals surface area contributed by atoms with Gasteiger partial charge < -0.3 is 10.6 Å². The minimum Gasteiger partial charge on any atom is -0.389 e. The molecular formula is C15H19F2N3S. The number of nitrogens with zero attached hydrogens (tertiary/aromatic N) is 2. The van der Waals surface area contributed by atoms with Gasteiger partial charge in [0.25, 0.3) is 0 Å². The first-order valence-electron chi connectivity index (χ1n) is 7.23. The van der Waals surface area contributed by atoms with Crippen molar-refractivity contribution in [3.8, 4) is 0 Å². The molecular weight excluding hydrogens is 292 g/mol. The Balaban J connectivity index is 1.91. The lowest BCUT2D eigenvalue weighted by Crippen LogP contribution is -2.37. The van der Waals surface area contributed by atoms with E-state index in [-0.39, 0.29) is 10.6 Å². The van der Waals surface area contributed by atoms with E-state index in [0.717, 1.165) is 25.9 Å². The van der Waals surface area contributed by atoms with Gasteiger partial charge in [0.05, 0.1) is 5.69 Å². The van der Waals surface area contributed by atoms with Crippen LogP contribution in [0.4, 0.5) is 14.5 Å². The van der Waals surface area contributed by atoms with E-state index in [4.69, 9.17) is 18.0 Å². The van der Waals surface area contributed by atoms with Crippen LogP contribution in [0.1, 0.15) is 24.8 Å². The molecule has 3 rings (SSSR count). The molecule has 2 unspecified atom stereocenters. The van der Waals surface area contributed by atoms with Crippen molar-refractivity contribution in [2.75, 3.05) is 25.0 Å². The van der Waals surface area contributed by atoms with Gasteiger partial charge in [-0.15, -0.1) is 0 Å². The molecule has 2 saturated heterocycles. The fraction of sp³-hybridized carbons (Fsp3) is 0.533. The second-order valence-corrected chi connectivity index (χ2v) is 6.35. The summed E-state index contributed by atoms with van der Waals surface area (Å²) in [4.78, 5) is 4.20. The molecule has 1 aromatic carbocycles. The summed E-state index contributed by atoms with van der Waals surface area (Å²) in [6, 6.07) is 4.04. The minimum atomic E-state index is -0.942. The zero-order valence-electron chi connectivity index (χ0n) is 12.0. The predicted molar refractivity (Wildman–Crippen MR) is 83.6 cm³/mol. The SMILES string of the molecule is CN1C2CCC1CN(c1ccc(C(N)=S)c(F)c1F)CC2. The quantitative estimate of drug-likeness (QED) is 0.849. The zero-order chi connectivity index (χ0) is 15.1. The largest absolute Gasteiger partial charge is 0.389 e. The van der Waals surface area contributed by atoms with E-state index in [1.54, 1.807) is 6.07 Å². The van der Waals surface area contributed by atoms with Crippen LogP contribution in [0, 0.1) is 11.6 Å². The number of likely N-dealkylation sites (N-methyl/N-ethyl adjacent to an activating group) is 1. The fourth-order valence-electron chi connectivity index (χ4n) is 3.50. The van der Waals surface area contributed by atoms with Crippen molar-refractivity contribution in [1.29, 1.82) is 0 Å². The smallest absolute Gasteiger partial charge is 0.182 e. The Bertz CT molecular complexity index is 578. The fourth-order valence-corrected chi connectivity index (χ4v) is 3.66. The second kappa shape index (κ2) is 5.50. The lowest BCUT2D eigenvalue weighted by atomic mass is 10.1. The van der Waals surface area contributed by atoms with Crippen LogP contribution in [0.3, 0.4) is 0 Å². The number of hydrogen-bond donors (Lipinski definition) is 1. The molecule has 2 heterocycles. The first-order chi connectivity index (χ1) is 9.99. The third-order valence-electron chi connectivity index (χ3n) is 4.82. The molecule has 6 heteroatoms. The Labute approximate surface area is 128 Å². The first-order valence-corrected chi connectivity index (χ1v) is 7.64. The summed E-state index contributed by atoms with van der Waals surface area (Å²) in [5, 5.41) is 0. The van der Waals surface area contributed by atoms with Crippen LogP contribution in [0.5, 0.6) is 0 Å².